The number of hydrogen-bond donors (Lipinski definition) is 0. The standard InChI is InChI=1S/C27H23ClF2N4O3/c1-14-4-5-17-6-7-20(33-26(14)17)21-10-23(15(2)11-31-21)34(36)16(3)8-24(25(28)27(34)35)37-13-22-19(30)9-18(29)12-32-22/h6-12,14H,4-5,13H2,1-3H3/t14-,34?/m1/s1. The fourth-order valence-electron chi connectivity index (χ4n) is 4.63. The molecule has 1 aliphatic heterocycles. The van der Waals surface area contributed by atoms with E-state index in [4.69, 9.17) is 21.3 Å². The largest absolute Gasteiger partial charge is 0.614 e. The van der Waals surface area contributed by atoms with Crippen molar-refractivity contribution in [3.8, 4) is 11.4 Å². The van der Waals surface area contributed by atoms with E-state index in [-0.39, 0.29) is 22.8 Å². The molecule has 37 heavy (non-hydrogen) atoms. The van der Waals surface area contributed by atoms with Crippen LogP contribution in [-0.2, 0) is 22.6 Å². The molecular formula is C27H23ClF2N4O3. The van der Waals surface area contributed by atoms with Gasteiger partial charge in [-0.3, -0.25) is 15.0 Å². The third kappa shape index (κ3) is 4.33. The summed E-state index contributed by atoms with van der Waals surface area (Å²) in [5.41, 5.74) is 3.90. The Labute approximate surface area is 217 Å². The maximum absolute atomic E-state index is 14.1. The van der Waals surface area contributed by atoms with Crippen LogP contribution in [0.25, 0.3) is 11.4 Å². The van der Waals surface area contributed by atoms with Gasteiger partial charge in [-0.15, -0.1) is 0 Å². The average Bonchev–Trinajstić information content (AvgIpc) is 3.25. The number of aryl methyl sites for hydroxylation is 2. The highest BCUT2D eigenvalue weighted by atomic mass is 35.5. The van der Waals surface area contributed by atoms with Crippen LogP contribution in [0.2, 0.25) is 0 Å². The first-order valence-corrected chi connectivity index (χ1v) is 12.1. The SMILES string of the molecule is CC1=CC(OCc2ncc(F)cc2F)=C(Cl)C(=O)[N+]1([O-])c1cc(-c2ccc3c(n2)[C@H](C)CC3)ncc1C. The molecule has 0 radical (unpaired) electrons. The molecule has 0 saturated heterocycles. The Morgan fingerprint density at radius 2 is 1.95 bits per heavy atom. The number of halogens is 3. The first kappa shape index (κ1) is 25.1. The Bertz CT molecular complexity index is 1500. The Balaban J connectivity index is 1.47. The molecule has 0 saturated carbocycles. The second-order valence-corrected chi connectivity index (χ2v) is 9.66. The number of amides is 1. The molecule has 2 atom stereocenters. The highest BCUT2D eigenvalue weighted by Gasteiger charge is 2.42. The number of aromatic nitrogens is 3. The molecule has 0 spiro atoms. The maximum atomic E-state index is 14.1. The third-order valence-electron chi connectivity index (χ3n) is 6.78. The molecule has 10 heteroatoms. The summed E-state index contributed by atoms with van der Waals surface area (Å²) >= 11 is 6.30. The minimum atomic E-state index is -1.46. The van der Waals surface area contributed by atoms with Crippen LogP contribution >= 0.6 is 11.6 Å². The van der Waals surface area contributed by atoms with E-state index in [2.05, 4.69) is 16.9 Å². The number of nitrogens with zero attached hydrogens (tertiary/aromatic N) is 4. The number of carbonyl (C=O) groups excluding carboxylic acids is 1. The molecular weight excluding hydrogens is 502 g/mol. The van der Waals surface area contributed by atoms with Crippen molar-refractivity contribution in [1.82, 2.24) is 19.6 Å². The third-order valence-corrected chi connectivity index (χ3v) is 7.13. The van der Waals surface area contributed by atoms with Crippen molar-refractivity contribution in [2.75, 3.05) is 0 Å². The first-order chi connectivity index (χ1) is 17.6. The molecule has 1 amide bonds. The predicted molar refractivity (Wildman–Crippen MR) is 135 cm³/mol. The lowest BCUT2D eigenvalue weighted by molar-refractivity contribution is -0.122. The summed E-state index contributed by atoms with van der Waals surface area (Å²) in [7, 11) is 0. The lowest BCUT2D eigenvalue weighted by atomic mass is 10.1. The molecule has 3 aromatic heterocycles. The quantitative estimate of drug-likeness (QED) is 0.296. The summed E-state index contributed by atoms with van der Waals surface area (Å²) in [6.07, 6.45) is 5.75. The van der Waals surface area contributed by atoms with Gasteiger partial charge < -0.3 is 9.94 Å². The van der Waals surface area contributed by atoms with Crippen molar-refractivity contribution in [3.05, 3.63) is 98.6 Å². The van der Waals surface area contributed by atoms with Crippen LogP contribution in [-0.4, -0.2) is 20.9 Å². The van der Waals surface area contributed by atoms with Crippen molar-refractivity contribution in [1.29, 1.82) is 0 Å². The number of hydroxylamine groups is 2. The summed E-state index contributed by atoms with van der Waals surface area (Å²) in [4.78, 5) is 26.3. The molecule has 4 heterocycles. The van der Waals surface area contributed by atoms with Gasteiger partial charge in [-0.1, -0.05) is 24.6 Å². The average molecular weight is 525 g/mol. The Morgan fingerprint density at radius 1 is 1.16 bits per heavy atom. The van der Waals surface area contributed by atoms with Crippen LogP contribution in [0.15, 0.2) is 59.2 Å². The van der Waals surface area contributed by atoms with Crippen LogP contribution in [0.3, 0.4) is 0 Å². The van der Waals surface area contributed by atoms with Gasteiger partial charge in [0.2, 0.25) is 0 Å². The number of ether oxygens (including phenoxy) is 1. The van der Waals surface area contributed by atoms with Crippen molar-refractivity contribution in [2.45, 2.75) is 46.1 Å². The van der Waals surface area contributed by atoms with Crippen LogP contribution in [0, 0.1) is 23.8 Å². The Morgan fingerprint density at radius 3 is 2.70 bits per heavy atom. The molecule has 0 fully saturated rings. The molecule has 7 nitrogen and oxygen atoms in total. The zero-order chi connectivity index (χ0) is 26.5. The normalized spacial score (nSPS) is 21.2. The number of allylic oxidation sites excluding steroid dienone is 2. The summed E-state index contributed by atoms with van der Waals surface area (Å²) in [5, 5.41) is 13.7. The van der Waals surface area contributed by atoms with Gasteiger partial charge in [-0.05, 0) is 37.3 Å². The molecule has 0 N–H and O–H groups in total. The minimum Gasteiger partial charge on any atom is -0.614 e. The number of hydrogen-bond acceptors (Lipinski definition) is 6. The Kier molecular flexibility index (Phi) is 6.39. The van der Waals surface area contributed by atoms with E-state index in [9.17, 15) is 18.8 Å². The van der Waals surface area contributed by atoms with E-state index < -0.39 is 33.8 Å². The van der Waals surface area contributed by atoms with Crippen molar-refractivity contribution in [2.24, 2.45) is 0 Å². The van der Waals surface area contributed by atoms with Crippen LogP contribution in [0.1, 0.15) is 48.7 Å². The van der Waals surface area contributed by atoms with E-state index in [1.807, 2.05) is 12.1 Å². The second kappa shape index (κ2) is 9.41. The fourth-order valence-corrected chi connectivity index (χ4v) is 4.86. The molecule has 0 bridgehead atoms. The first-order valence-electron chi connectivity index (χ1n) is 11.7. The fraction of sp³-hybridized carbons (Fsp3) is 0.259. The highest BCUT2D eigenvalue weighted by Crippen LogP contribution is 2.40. The number of pyridine rings is 3. The molecule has 1 unspecified atom stereocenters. The maximum Gasteiger partial charge on any atom is 0.370 e. The molecule has 2 aliphatic rings. The smallest absolute Gasteiger partial charge is 0.370 e. The molecule has 0 aromatic carbocycles. The number of fused-ring (bicyclic) bond motifs is 1. The lowest BCUT2D eigenvalue weighted by Gasteiger charge is -2.41. The second-order valence-electron chi connectivity index (χ2n) is 9.29. The Hall–Kier alpha value is -3.53. The van der Waals surface area contributed by atoms with Crippen LogP contribution in [0.5, 0.6) is 0 Å². The van der Waals surface area contributed by atoms with E-state index in [0.717, 1.165) is 24.7 Å². The van der Waals surface area contributed by atoms with Gasteiger partial charge in [0.15, 0.2) is 22.3 Å². The zero-order valence-electron chi connectivity index (χ0n) is 20.4. The summed E-state index contributed by atoms with van der Waals surface area (Å²) in [5.74, 6) is -2.44. The van der Waals surface area contributed by atoms with Gasteiger partial charge in [0, 0.05) is 42.6 Å². The molecule has 1 aliphatic carbocycles. The van der Waals surface area contributed by atoms with Gasteiger partial charge in [0.25, 0.3) is 0 Å². The van der Waals surface area contributed by atoms with Crippen molar-refractivity contribution in [3.63, 3.8) is 0 Å². The molecule has 190 valence electrons. The van der Waals surface area contributed by atoms with E-state index in [1.54, 1.807) is 13.0 Å². The summed E-state index contributed by atoms with van der Waals surface area (Å²) in [6.45, 7) is 4.90. The van der Waals surface area contributed by atoms with Crippen LogP contribution < -0.4 is 4.65 Å². The molecule has 3 aromatic rings. The number of rotatable bonds is 5. The minimum absolute atomic E-state index is 0.0905. The lowest BCUT2D eigenvalue weighted by Crippen LogP contribution is -2.49. The van der Waals surface area contributed by atoms with E-state index in [1.165, 1.54) is 24.8 Å². The number of carbonyl (C=O) groups is 1. The molecule has 5 rings (SSSR count). The van der Waals surface area contributed by atoms with Crippen molar-refractivity contribution >= 4 is 23.2 Å². The van der Waals surface area contributed by atoms with Crippen molar-refractivity contribution < 1.29 is 18.3 Å². The van der Waals surface area contributed by atoms with Gasteiger partial charge in [-0.2, -0.15) is 0 Å². The van der Waals surface area contributed by atoms with E-state index >= 15 is 0 Å². The predicted octanol–water partition coefficient (Wildman–Crippen LogP) is 6.09. The number of quaternary nitrogens is 1. The topological polar surface area (TPSA) is 88.0 Å². The van der Waals surface area contributed by atoms with Gasteiger partial charge in [0.05, 0.1) is 17.6 Å². The van der Waals surface area contributed by atoms with Gasteiger partial charge in [0.1, 0.15) is 23.8 Å². The van der Waals surface area contributed by atoms with Crippen LogP contribution in [0.4, 0.5) is 14.5 Å². The highest BCUT2D eigenvalue weighted by molar-refractivity contribution is 6.44. The summed E-state index contributed by atoms with van der Waals surface area (Å²) in [6, 6.07) is 6.15. The van der Waals surface area contributed by atoms with Gasteiger partial charge in [-0.25, -0.2) is 18.2 Å². The van der Waals surface area contributed by atoms with E-state index in [0.29, 0.717) is 28.9 Å². The zero-order valence-corrected chi connectivity index (χ0v) is 21.1. The van der Waals surface area contributed by atoms with Gasteiger partial charge >= 0.3 is 5.91 Å². The monoisotopic (exact) mass is 524 g/mol. The summed E-state index contributed by atoms with van der Waals surface area (Å²) < 4.78 is 31.1.